The molecule has 0 unspecified atom stereocenters. The molecule has 2 rings (SSSR count). The Balaban J connectivity index is 2.66. The van der Waals surface area contributed by atoms with Gasteiger partial charge in [-0.25, -0.2) is 13.2 Å². The number of hydrogen-bond donors (Lipinski definition) is 2. The molecule has 20 heavy (non-hydrogen) atoms. The number of aryl methyl sites for hydroxylation is 1. The SMILES string of the molecule is Cc1ccc(S(=O)(=O)c2ccc(N)cc2C(=O)O)cc1. The highest BCUT2D eigenvalue weighted by Gasteiger charge is 2.24. The first-order valence-electron chi connectivity index (χ1n) is 5.77. The molecule has 0 atom stereocenters. The molecular formula is C14H13NO4S. The Morgan fingerprint density at radius 2 is 1.70 bits per heavy atom. The Morgan fingerprint density at radius 3 is 2.25 bits per heavy atom. The molecule has 2 aromatic carbocycles. The average molecular weight is 291 g/mol. The molecule has 0 saturated heterocycles. The molecule has 0 saturated carbocycles. The first-order chi connectivity index (χ1) is 9.32. The molecule has 0 aliphatic heterocycles. The van der Waals surface area contributed by atoms with Crippen LogP contribution in [-0.4, -0.2) is 19.5 Å². The second-order valence-corrected chi connectivity index (χ2v) is 6.30. The fraction of sp³-hybridized carbons (Fsp3) is 0.0714. The van der Waals surface area contributed by atoms with Crippen LogP contribution in [0.25, 0.3) is 0 Å². The van der Waals surface area contributed by atoms with Gasteiger partial charge in [0.2, 0.25) is 9.84 Å². The molecule has 0 aromatic heterocycles. The molecule has 0 fully saturated rings. The average Bonchev–Trinajstić information content (AvgIpc) is 2.38. The van der Waals surface area contributed by atoms with Gasteiger partial charge in [0.1, 0.15) is 0 Å². The number of aromatic carboxylic acids is 1. The molecule has 0 amide bonds. The van der Waals surface area contributed by atoms with Crippen molar-refractivity contribution in [1.82, 2.24) is 0 Å². The van der Waals surface area contributed by atoms with Gasteiger partial charge >= 0.3 is 5.97 Å². The number of benzene rings is 2. The molecular weight excluding hydrogens is 278 g/mol. The fourth-order valence-electron chi connectivity index (χ4n) is 1.79. The topological polar surface area (TPSA) is 97.5 Å². The van der Waals surface area contributed by atoms with Gasteiger partial charge in [-0.3, -0.25) is 0 Å². The number of nitrogens with two attached hydrogens (primary N) is 1. The number of rotatable bonds is 3. The third-order valence-electron chi connectivity index (χ3n) is 2.85. The van der Waals surface area contributed by atoms with Crippen molar-refractivity contribution in [2.75, 3.05) is 5.73 Å². The summed E-state index contributed by atoms with van der Waals surface area (Å²) in [5.74, 6) is -1.33. The van der Waals surface area contributed by atoms with Gasteiger partial charge in [0.15, 0.2) is 0 Å². The Hall–Kier alpha value is -2.34. The third-order valence-corrected chi connectivity index (χ3v) is 4.68. The number of carbonyl (C=O) groups is 1. The Labute approximate surface area is 116 Å². The summed E-state index contributed by atoms with van der Waals surface area (Å²) in [6.07, 6.45) is 0. The molecule has 0 radical (unpaired) electrons. The van der Waals surface area contributed by atoms with Gasteiger partial charge in [0.25, 0.3) is 0 Å². The zero-order valence-electron chi connectivity index (χ0n) is 10.7. The van der Waals surface area contributed by atoms with Crippen molar-refractivity contribution in [3.63, 3.8) is 0 Å². The van der Waals surface area contributed by atoms with Gasteiger partial charge in [0, 0.05) is 5.69 Å². The number of hydrogen-bond acceptors (Lipinski definition) is 4. The minimum Gasteiger partial charge on any atom is -0.478 e. The van der Waals surface area contributed by atoms with Crippen molar-refractivity contribution >= 4 is 21.5 Å². The van der Waals surface area contributed by atoms with Crippen molar-refractivity contribution in [2.45, 2.75) is 16.7 Å². The molecule has 5 nitrogen and oxygen atoms in total. The lowest BCUT2D eigenvalue weighted by Gasteiger charge is -2.09. The summed E-state index contributed by atoms with van der Waals surface area (Å²) in [6.45, 7) is 1.84. The quantitative estimate of drug-likeness (QED) is 0.844. The number of anilines is 1. The van der Waals surface area contributed by atoms with Crippen LogP contribution in [0.1, 0.15) is 15.9 Å². The van der Waals surface area contributed by atoms with Crippen LogP contribution in [-0.2, 0) is 9.84 Å². The standard InChI is InChI=1S/C14H13NO4S/c1-9-2-5-11(6-3-9)20(18,19)13-7-4-10(15)8-12(13)14(16)17/h2-8H,15H2,1H3,(H,16,17). The fourth-order valence-corrected chi connectivity index (χ4v) is 3.22. The van der Waals surface area contributed by atoms with E-state index in [1.165, 1.54) is 24.3 Å². The van der Waals surface area contributed by atoms with Gasteiger partial charge in [-0.2, -0.15) is 0 Å². The smallest absolute Gasteiger partial charge is 0.337 e. The zero-order valence-corrected chi connectivity index (χ0v) is 11.5. The van der Waals surface area contributed by atoms with Crippen LogP contribution in [0.15, 0.2) is 52.3 Å². The van der Waals surface area contributed by atoms with E-state index in [1.807, 2.05) is 6.92 Å². The Kier molecular flexibility index (Phi) is 3.50. The lowest BCUT2D eigenvalue weighted by Crippen LogP contribution is -2.10. The molecule has 0 heterocycles. The Morgan fingerprint density at radius 1 is 1.10 bits per heavy atom. The van der Waals surface area contributed by atoms with E-state index in [2.05, 4.69) is 0 Å². The molecule has 2 aromatic rings. The van der Waals surface area contributed by atoms with Crippen LogP contribution in [0.2, 0.25) is 0 Å². The maximum Gasteiger partial charge on any atom is 0.337 e. The highest BCUT2D eigenvalue weighted by molar-refractivity contribution is 7.91. The zero-order chi connectivity index (χ0) is 14.9. The third kappa shape index (κ3) is 2.50. The van der Waals surface area contributed by atoms with Crippen molar-refractivity contribution in [1.29, 1.82) is 0 Å². The van der Waals surface area contributed by atoms with Gasteiger partial charge < -0.3 is 10.8 Å². The first-order valence-corrected chi connectivity index (χ1v) is 7.25. The summed E-state index contributed by atoms with van der Waals surface area (Å²) in [5.41, 5.74) is 6.30. The molecule has 104 valence electrons. The van der Waals surface area contributed by atoms with E-state index in [4.69, 9.17) is 10.8 Å². The summed E-state index contributed by atoms with van der Waals surface area (Å²) < 4.78 is 25.0. The molecule has 0 spiro atoms. The number of carboxylic acid groups (broad SMARTS) is 1. The van der Waals surface area contributed by atoms with Crippen LogP contribution in [0.3, 0.4) is 0 Å². The molecule has 3 N–H and O–H groups in total. The molecule has 0 aliphatic rings. The normalized spacial score (nSPS) is 11.2. The summed E-state index contributed by atoms with van der Waals surface area (Å²) in [6, 6.07) is 9.94. The van der Waals surface area contributed by atoms with Crippen LogP contribution < -0.4 is 5.73 Å². The largest absolute Gasteiger partial charge is 0.478 e. The number of carboxylic acids is 1. The summed E-state index contributed by atoms with van der Waals surface area (Å²) in [5, 5.41) is 9.12. The van der Waals surface area contributed by atoms with E-state index in [9.17, 15) is 13.2 Å². The summed E-state index contributed by atoms with van der Waals surface area (Å²) in [7, 11) is -3.88. The van der Waals surface area contributed by atoms with E-state index >= 15 is 0 Å². The highest BCUT2D eigenvalue weighted by atomic mass is 32.2. The minimum absolute atomic E-state index is 0.0513. The van der Waals surface area contributed by atoms with E-state index < -0.39 is 15.8 Å². The van der Waals surface area contributed by atoms with Crippen LogP contribution >= 0.6 is 0 Å². The maximum atomic E-state index is 12.5. The predicted octanol–water partition coefficient (Wildman–Crippen LogP) is 2.11. The Bertz CT molecular complexity index is 764. The van der Waals surface area contributed by atoms with Crippen molar-refractivity contribution in [3.05, 3.63) is 53.6 Å². The first kappa shape index (κ1) is 14.1. The maximum absolute atomic E-state index is 12.5. The minimum atomic E-state index is -3.88. The van der Waals surface area contributed by atoms with Crippen LogP contribution in [0.5, 0.6) is 0 Å². The van der Waals surface area contributed by atoms with E-state index in [-0.39, 0.29) is 21.0 Å². The summed E-state index contributed by atoms with van der Waals surface area (Å²) in [4.78, 5) is 11.0. The van der Waals surface area contributed by atoms with Gasteiger partial charge in [0.05, 0.1) is 15.4 Å². The predicted molar refractivity (Wildman–Crippen MR) is 74.4 cm³/mol. The van der Waals surface area contributed by atoms with Crippen LogP contribution in [0, 0.1) is 6.92 Å². The van der Waals surface area contributed by atoms with Gasteiger partial charge in [-0.15, -0.1) is 0 Å². The molecule has 0 aliphatic carbocycles. The highest BCUT2D eigenvalue weighted by Crippen LogP contribution is 2.26. The van der Waals surface area contributed by atoms with E-state index in [0.29, 0.717) is 0 Å². The summed E-state index contributed by atoms with van der Waals surface area (Å²) >= 11 is 0. The van der Waals surface area contributed by atoms with Gasteiger partial charge in [-0.1, -0.05) is 17.7 Å². The number of nitrogen functional groups attached to an aromatic ring is 1. The van der Waals surface area contributed by atoms with E-state index in [0.717, 1.165) is 11.6 Å². The monoisotopic (exact) mass is 291 g/mol. The van der Waals surface area contributed by atoms with E-state index in [1.54, 1.807) is 12.1 Å². The lowest BCUT2D eigenvalue weighted by atomic mass is 10.2. The second kappa shape index (κ2) is 4.97. The molecule has 6 heteroatoms. The van der Waals surface area contributed by atoms with Crippen molar-refractivity contribution < 1.29 is 18.3 Å². The van der Waals surface area contributed by atoms with Crippen molar-refractivity contribution in [3.8, 4) is 0 Å². The number of sulfone groups is 1. The van der Waals surface area contributed by atoms with Crippen LogP contribution in [0.4, 0.5) is 5.69 Å². The molecule has 0 bridgehead atoms. The van der Waals surface area contributed by atoms with Crippen molar-refractivity contribution in [2.24, 2.45) is 0 Å². The lowest BCUT2D eigenvalue weighted by molar-refractivity contribution is 0.0692. The van der Waals surface area contributed by atoms with Gasteiger partial charge in [-0.05, 0) is 37.3 Å². The second-order valence-electron chi connectivity index (χ2n) is 4.38.